The van der Waals surface area contributed by atoms with Gasteiger partial charge in [-0.25, -0.2) is 4.68 Å². The number of carbonyl (C=O) groups is 1. The van der Waals surface area contributed by atoms with Crippen molar-refractivity contribution < 1.29 is 4.79 Å². The lowest BCUT2D eigenvalue weighted by molar-refractivity contribution is 0.0641. The number of hydrogen-bond donors (Lipinski definition) is 0. The van der Waals surface area contributed by atoms with Crippen LogP contribution in [-0.2, 0) is 6.42 Å². The van der Waals surface area contributed by atoms with Crippen LogP contribution < -0.4 is 0 Å². The summed E-state index contributed by atoms with van der Waals surface area (Å²) >= 11 is 0. The molecule has 1 amide bonds. The molecule has 0 atom stereocenters. The van der Waals surface area contributed by atoms with Gasteiger partial charge < -0.3 is 9.80 Å². The lowest BCUT2D eigenvalue weighted by Gasteiger charge is -2.34. The van der Waals surface area contributed by atoms with Crippen molar-refractivity contribution in [2.45, 2.75) is 47.0 Å². The van der Waals surface area contributed by atoms with Gasteiger partial charge in [0.1, 0.15) is 0 Å². The van der Waals surface area contributed by atoms with Crippen LogP contribution in [0.1, 0.15) is 60.9 Å². The van der Waals surface area contributed by atoms with Gasteiger partial charge in [0.05, 0.1) is 22.6 Å². The maximum atomic E-state index is 13.5. The third kappa shape index (κ3) is 3.93. The number of rotatable bonds is 5. The van der Waals surface area contributed by atoms with Crippen molar-refractivity contribution in [1.29, 1.82) is 0 Å². The van der Waals surface area contributed by atoms with E-state index in [9.17, 15) is 4.79 Å². The summed E-state index contributed by atoms with van der Waals surface area (Å²) in [4.78, 5) is 17.9. The van der Waals surface area contributed by atoms with Gasteiger partial charge in [0.2, 0.25) is 0 Å². The molecule has 0 bridgehead atoms. The molecule has 146 valence electrons. The Hall–Kier alpha value is -2.14. The predicted octanol–water partition coefficient (Wildman–Crippen LogP) is 3.64. The second-order valence-electron chi connectivity index (χ2n) is 7.69. The van der Waals surface area contributed by atoms with Gasteiger partial charge >= 0.3 is 0 Å². The lowest BCUT2D eigenvalue weighted by Crippen LogP contribution is -2.48. The first-order valence-corrected chi connectivity index (χ1v) is 10.2. The molecule has 1 aliphatic rings. The molecule has 0 saturated carbocycles. The van der Waals surface area contributed by atoms with Gasteiger partial charge in [0.15, 0.2) is 0 Å². The third-order valence-corrected chi connectivity index (χ3v) is 5.49. The van der Waals surface area contributed by atoms with E-state index in [1.54, 1.807) is 0 Å². The van der Waals surface area contributed by atoms with Crippen molar-refractivity contribution >= 4 is 5.91 Å². The first-order chi connectivity index (χ1) is 13.0. The largest absolute Gasteiger partial charge is 0.336 e. The molecular formula is C22H32N4O. The summed E-state index contributed by atoms with van der Waals surface area (Å²) in [5.41, 5.74) is 4.99. The summed E-state index contributed by atoms with van der Waals surface area (Å²) < 4.78 is 1.98. The van der Waals surface area contributed by atoms with Crippen LogP contribution in [0.3, 0.4) is 0 Å². The number of carbonyl (C=O) groups excluding carboxylic acids is 1. The van der Waals surface area contributed by atoms with Crippen molar-refractivity contribution in [3.63, 3.8) is 0 Å². The Balaban J connectivity index is 2.00. The number of aryl methyl sites for hydroxylation is 1. The minimum absolute atomic E-state index is 0.143. The van der Waals surface area contributed by atoms with Crippen LogP contribution >= 0.6 is 0 Å². The summed E-state index contributed by atoms with van der Waals surface area (Å²) in [7, 11) is 0. The van der Waals surface area contributed by atoms with Gasteiger partial charge in [0.25, 0.3) is 5.91 Å². The highest BCUT2D eigenvalue weighted by atomic mass is 16.2. The molecule has 1 saturated heterocycles. The number of likely N-dealkylation sites (N-methyl/N-ethyl adjacent to an activating group) is 1. The van der Waals surface area contributed by atoms with Gasteiger partial charge in [-0.15, -0.1) is 0 Å². The second-order valence-corrected chi connectivity index (χ2v) is 7.69. The summed E-state index contributed by atoms with van der Waals surface area (Å²) in [6.45, 7) is 15.1. The van der Waals surface area contributed by atoms with Crippen LogP contribution in [0.4, 0.5) is 0 Å². The van der Waals surface area contributed by atoms with E-state index in [0.29, 0.717) is 0 Å². The Morgan fingerprint density at radius 1 is 1.07 bits per heavy atom. The first-order valence-electron chi connectivity index (χ1n) is 10.2. The minimum atomic E-state index is 0.143. The molecule has 1 aliphatic heterocycles. The highest BCUT2D eigenvalue weighted by molar-refractivity contribution is 5.97. The number of nitrogens with zero attached hydrogens (tertiary/aromatic N) is 4. The van der Waals surface area contributed by atoms with Crippen LogP contribution in [0.2, 0.25) is 0 Å². The number of benzene rings is 1. The Morgan fingerprint density at radius 3 is 2.22 bits per heavy atom. The average Bonchev–Trinajstić information content (AvgIpc) is 3.08. The van der Waals surface area contributed by atoms with Gasteiger partial charge in [-0.1, -0.05) is 45.4 Å². The molecule has 0 N–H and O–H groups in total. The van der Waals surface area contributed by atoms with Gasteiger partial charge in [0, 0.05) is 26.2 Å². The van der Waals surface area contributed by atoms with Crippen molar-refractivity contribution in [3.8, 4) is 5.69 Å². The Labute approximate surface area is 163 Å². The smallest absolute Gasteiger partial charge is 0.257 e. The molecule has 1 aromatic carbocycles. The molecule has 0 spiro atoms. The molecule has 1 fully saturated rings. The van der Waals surface area contributed by atoms with Crippen molar-refractivity contribution in [2.24, 2.45) is 0 Å². The summed E-state index contributed by atoms with van der Waals surface area (Å²) in [5.74, 6) is 0.350. The maximum Gasteiger partial charge on any atom is 0.257 e. The molecule has 2 aromatic rings. The predicted molar refractivity (Wildman–Crippen MR) is 110 cm³/mol. The number of aromatic nitrogens is 2. The van der Waals surface area contributed by atoms with E-state index in [1.165, 1.54) is 5.56 Å². The number of amides is 1. The van der Waals surface area contributed by atoms with E-state index in [1.807, 2.05) is 9.58 Å². The molecule has 5 heteroatoms. The van der Waals surface area contributed by atoms with Crippen LogP contribution in [0, 0.1) is 6.92 Å². The van der Waals surface area contributed by atoms with Gasteiger partial charge in [-0.05, 0) is 37.9 Å². The molecule has 1 aromatic heterocycles. The molecule has 27 heavy (non-hydrogen) atoms. The first kappa shape index (κ1) is 19.6. The molecule has 2 heterocycles. The monoisotopic (exact) mass is 368 g/mol. The minimum Gasteiger partial charge on any atom is -0.336 e. The summed E-state index contributed by atoms with van der Waals surface area (Å²) in [6, 6.07) is 8.35. The van der Waals surface area contributed by atoms with E-state index >= 15 is 0 Å². The standard InChI is InChI=1S/C22H32N4O/c1-6-19-20(22(27)25-14-12-24(7-2)13-15-25)21(16(3)4)23-26(19)18-10-8-17(5)9-11-18/h8-11,16H,6-7,12-15H2,1-5H3. The van der Waals surface area contributed by atoms with Gasteiger partial charge in [-0.2, -0.15) is 5.10 Å². The quantitative estimate of drug-likeness (QED) is 0.809. The van der Waals surface area contributed by atoms with E-state index < -0.39 is 0 Å². The SMILES string of the molecule is CCc1c(C(=O)N2CCN(CC)CC2)c(C(C)C)nn1-c1ccc(C)cc1. The summed E-state index contributed by atoms with van der Waals surface area (Å²) in [5, 5.41) is 4.89. The topological polar surface area (TPSA) is 41.4 Å². The highest BCUT2D eigenvalue weighted by Gasteiger charge is 2.30. The molecule has 3 rings (SSSR count). The lowest BCUT2D eigenvalue weighted by atomic mass is 10.0. The van der Waals surface area contributed by atoms with Crippen molar-refractivity contribution in [2.75, 3.05) is 32.7 Å². The van der Waals surface area contributed by atoms with E-state index in [0.717, 1.165) is 61.8 Å². The molecule has 0 aliphatic carbocycles. The van der Waals surface area contributed by atoms with Crippen molar-refractivity contribution in [1.82, 2.24) is 19.6 Å². The Morgan fingerprint density at radius 2 is 1.70 bits per heavy atom. The number of piperazine rings is 1. The molecular weight excluding hydrogens is 336 g/mol. The second kappa shape index (κ2) is 8.26. The van der Waals surface area contributed by atoms with Crippen molar-refractivity contribution in [3.05, 3.63) is 46.8 Å². The van der Waals surface area contributed by atoms with Crippen LogP contribution in [0.15, 0.2) is 24.3 Å². The van der Waals surface area contributed by atoms with E-state index in [2.05, 4.69) is 63.8 Å². The van der Waals surface area contributed by atoms with Crippen LogP contribution in [0.5, 0.6) is 0 Å². The fraction of sp³-hybridized carbons (Fsp3) is 0.545. The number of hydrogen-bond acceptors (Lipinski definition) is 3. The van der Waals surface area contributed by atoms with Gasteiger partial charge in [-0.3, -0.25) is 4.79 Å². The molecule has 5 nitrogen and oxygen atoms in total. The zero-order valence-electron chi connectivity index (χ0n) is 17.3. The highest BCUT2D eigenvalue weighted by Crippen LogP contribution is 2.27. The normalized spacial score (nSPS) is 15.6. The van der Waals surface area contributed by atoms with Crippen LogP contribution in [-0.4, -0.2) is 58.2 Å². The Kier molecular flexibility index (Phi) is 6.00. The zero-order valence-corrected chi connectivity index (χ0v) is 17.3. The fourth-order valence-electron chi connectivity index (χ4n) is 3.76. The Bertz CT molecular complexity index is 783. The summed E-state index contributed by atoms with van der Waals surface area (Å²) in [6.07, 6.45) is 0.781. The van der Waals surface area contributed by atoms with E-state index in [-0.39, 0.29) is 11.8 Å². The van der Waals surface area contributed by atoms with Crippen LogP contribution in [0.25, 0.3) is 5.69 Å². The average molecular weight is 369 g/mol. The van der Waals surface area contributed by atoms with E-state index in [4.69, 9.17) is 5.10 Å². The molecule has 0 radical (unpaired) electrons. The zero-order chi connectivity index (χ0) is 19.6. The maximum absolute atomic E-state index is 13.5. The third-order valence-electron chi connectivity index (χ3n) is 5.49. The molecule has 0 unspecified atom stereocenters. The fourth-order valence-corrected chi connectivity index (χ4v) is 3.76.